The molecule has 0 bridgehead atoms. The van der Waals surface area contributed by atoms with Gasteiger partial charge in [0.05, 0.1) is 10.8 Å². The van der Waals surface area contributed by atoms with Crippen LogP contribution in [0.3, 0.4) is 0 Å². The fraction of sp³-hybridized carbons (Fsp3) is 0.462. The van der Waals surface area contributed by atoms with Crippen molar-refractivity contribution in [2.45, 2.75) is 30.5 Å². The molecule has 1 N–H and O–H groups in total. The number of aliphatic carboxylic acids is 1. The van der Waals surface area contributed by atoms with Crippen molar-refractivity contribution in [3.05, 3.63) is 29.8 Å². The average molecular weight is 337 g/mol. The molecule has 0 saturated carbocycles. The quantitative estimate of drug-likeness (QED) is 0.916. The Kier molecular flexibility index (Phi) is 4.22. The molecule has 0 amide bonds. The minimum atomic E-state index is -4.63. The molecule has 0 aromatic heterocycles. The molecule has 9 heteroatoms. The van der Waals surface area contributed by atoms with Gasteiger partial charge in [0, 0.05) is 6.54 Å². The molecule has 5 nitrogen and oxygen atoms in total. The van der Waals surface area contributed by atoms with Gasteiger partial charge in [-0.15, -0.1) is 0 Å². The van der Waals surface area contributed by atoms with Gasteiger partial charge in [0.25, 0.3) is 0 Å². The fourth-order valence-electron chi connectivity index (χ4n) is 2.38. The molecule has 1 aromatic carbocycles. The van der Waals surface area contributed by atoms with Crippen LogP contribution in [0, 0.1) is 12.8 Å². The zero-order valence-electron chi connectivity index (χ0n) is 11.5. The van der Waals surface area contributed by atoms with Crippen molar-refractivity contribution in [1.82, 2.24) is 4.31 Å². The molecular formula is C13H14F3NO4S. The van der Waals surface area contributed by atoms with E-state index < -0.39 is 47.1 Å². The zero-order chi connectivity index (χ0) is 16.7. The number of sulfonamides is 1. The Labute approximate surface area is 125 Å². The highest BCUT2D eigenvalue weighted by molar-refractivity contribution is 7.89. The van der Waals surface area contributed by atoms with E-state index in [1.165, 1.54) is 24.3 Å². The number of hydrogen-bond donors (Lipinski definition) is 1. The Morgan fingerprint density at radius 2 is 1.82 bits per heavy atom. The number of carbonyl (C=O) groups is 1. The van der Waals surface area contributed by atoms with Crippen LogP contribution in [0.5, 0.6) is 0 Å². The van der Waals surface area contributed by atoms with Crippen LogP contribution in [0.4, 0.5) is 13.2 Å². The molecular weight excluding hydrogens is 323 g/mol. The fourth-order valence-corrected chi connectivity index (χ4v) is 4.02. The number of halogens is 3. The largest absolute Gasteiger partial charge is 0.480 e. The minimum Gasteiger partial charge on any atom is -0.480 e. The Morgan fingerprint density at radius 3 is 2.27 bits per heavy atom. The van der Waals surface area contributed by atoms with Gasteiger partial charge in [-0.25, -0.2) is 8.42 Å². The van der Waals surface area contributed by atoms with Crippen molar-refractivity contribution in [3.8, 4) is 0 Å². The molecule has 0 aliphatic carbocycles. The first-order chi connectivity index (χ1) is 10.0. The molecule has 1 aliphatic heterocycles. The molecule has 0 unspecified atom stereocenters. The van der Waals surface area contributed by atoms with Crippen LogP contribution in [-0.4, -0.2) is 42.6 Å². The lowest BCUT2D eigenvalue weighted by molar-refractivity contribution is -0.170. The highest BCUT2D eigenvalue weighted by Crippen LogP contribution is 2.39. The number of nitrogens with zero attached hydrogens (tertiary/aromatic N) is 1. The molecule has 0 spiro atoms. The van der Waals surface area contributed by atoms with E-state index in [1.54, 1.807) is 6.92 Å². The maximum Gasteiger partial charge on any atom is 0.393 e. The Balaban J connectivity index is 2.39. The van der Waals surface area contributed by atoms with E-state index in [0.717, 1.165) is 5.56 Å². The summed E-state index contributed by atoms with van der Waals surface area (Å²) in [4.78, 5) is 10.9. The summed E-state index contributed by atoms with van der Waals surface area (Å²) in [7, 11) is -4.29. The van der Waals surface area contributed by atoms with Gasteiger partial charge in [-0.1, -0.05) is 17.7 Å². The van der Waals surface area contributed by atoms with Crippen molar-refractivity contribution >= 4 is 16.0 Å². The molecule has 0 radical (unpaired) electrons. The van der Waals surface area contributed by atoms with Crippen molar-refractivity contribution < 1.29 is 31.5 Å². The Morgan fingerprint density at radius 1 is 1.27 bits per heavy atom. The van der Waals surface area contributed by atoms with Crippen LogP contribution in [0.25, 0.3) is 0 Å². The molecule has 22 heavy (non-hydrogen) atoms. The second-order valence-electron chi connectivity index (χ2n) is 5.22. The highest BCUT2D eigenvalue weighted by atomic mass is 32.2. The molecule has 2 atom stereocenters. The highest BCUT2D eigenvalue weighted by Gasteiger charge is 2.53. The first-order valence-electron chi connectivity index (χ1n) is 6.41. The second-order valence-corrected chi connectivity index (χ2v) is 7.11. The van der Waals surface area contributed by atoms with Gasteiger partial charge in [0.1, 0.15) is 6.04 Å². The van der Waals surface area contributed by atoms with E-state index in [9.17, 15) is 26.4 Å². The number of benzene rings is 1. The third kappa shape index (κ3) is 3.09. The summed E-state index contributed by atoms with van der Waals surface area (Å²) in [6.45, 7) is 0.850. The second kappa shape index (κ2) is 5.54. The molecule has 1 heterocycles. The molecule has 1 aromatic rings. The van der Waals surface area contributed by atoms with Gasteiger partial charge in [-0.05, 0) is 25.5 Å². The summed E-state index contributed by atoms with van der Waals surface area (Å²) < 4.78 is 63.7. The molecule has 1 saturated heterocycles. The van der Waals surface area contributed by atoms with Gasteiger partial charge >= 0.3 is 12.1 Å². The molecule has 2 rings (SSSR count). The predicted molar refractivity (Wildman–Crippen MR) is 70.7 cm³/mol. The Hall–Kier alpha value is -1.61. The van der Waals surface area contributed by atoms with Crippen LogP contribution in [0.15, 0.2) is 29.2 Å². The Bertz CT molecular complexity index is 670. The minimum absolute atomic E-state index is 0.216. The summed E-state index contributed by atoms with van der Waals surface area (Å²) in [5.74, 6) is -3.56. The monoisotopic (exact) mass is 337 g/mol. The number of alkyl halides is 3. The number of carboxylic acids is 1. The van der Waals surface area contributed by atoms with Gasteiger partial charge in [0.2, 0.25) is 10.0 Å². The lowest BCUT2D eigenvalue weighted by atomic mass is 10.1. The van der Waals surface area contributed by atoms with Gasteiger partial charge in [-0.3, -0.25) is 4.79 Å². The van der Waals surface area contributed by atoms with E-state index in [-0.39, 0.29) is 4.90 Å². The number of aryl methyl sites for hydroxylation is 1. The van der Waals surface area contributed by atoms with E-state index >= 15 is 0 Å². The first-order valence-corrected chi connectivity index (χ1v) is 7.85. The third-order valence-electron chi connectivity index (χ3n) is 3.63. The predicted octanol–water partition coefficient (Wildman–Crippen LogP) is 2.02. The van der Waals surface area contributed by atoms with Crippen LogP contribution in [0.2, 0.25) is 0 Å². The maximum atomic E-state index is 12.8. The smallest absolute Gasteiger partial charge is 0.393 e. The van der Waals surface area contributed by atoms with Crippen molar-refractivity contribution in [2.75, 3.05) is 6.54 Å². The summed E-state index contributed by atoms with van der Waals surface area (Å²) in [5, 5.41) is 9.05. The van der Waals surface area contributed by atoms with Gasteiger partial charge < -0.3 is 5.11 Å². The van der Waals surface area contributed by atoms with Gasteiger partial charge in [0.15, 0.2) is 0 Å². The molecule has 1 aliphatic rings. The van der Waals surface area contributed by atoms with E-state index in [2.05, 4.69) is 0 Å². The summed E-state index contributed by atoms with van der Waals surface area (Å²) >= 11 is 0. The third-order valence-corrected chi connectivity index (χ3v) is 5.52. The number of hydrogen-bond acceptors (Lipinski definition) is 3. The SMILES string of the molecule is Cc1ccc(S(=O)(=O)N2C[C@H](C(F)(F)F)C[C@H]2C(=O)O)cc1. The van der Waals surface area contributed by atoms with Crippen molar-refractivity contribution in [1.29, 1.82) is 0 Å². The van der Waals surface area contributed by atoms with Crippen LogP contribution in [-0.2, 0) is 14.8 Å². The topological polar surface area (TPSA) is 74.7 Å². The standard InChI is InChI=1S/C13H14F3NO4S/c1-8-2-4-10(5-3-8)22(20,21)17-7-9(13(14,15)16)6-11(17)12(18)19/h2-5,9,11H,6-7H2,1H3,(H,18,19)/t9-,11+/m1/s1. The van der Waals surface area contributed by atoms with Crippen LogP contribution >= 0.6 is 0 Å². The maximum absolute atomic E-state index is 12.8. The van der Waals surface area contributed by atoms with Crippen LogP contribution < -0.4 is 0 Å². The lowest BCUT2D eigenvalue weighted by Crippen LogP contribution is -2.40. The van der Waals surface area contributed by atoms with Gasteiger partial charge in [-0.2, -0.15) is 17.5 Å². The normalized spacial score (nSPS) is 23.6. The number of carboxylic acid groups (broad SMARTS) is 1. The lowest BCUT2D eigenvalue weighted by Gasteiger charge is -2.21. The summed E-state index contributed by atoms with van der Waals surface area (Å²) in [6.07, 6.45) is -5.41. The number of rotatable bonds is 3. The van der Waals surface area contributed by atoms with E-state index in [1.807, 2.05) is 0 Å². The van der Waals surface area contributed by atoms with E-state index in [0.29, 0.717) is 4.31 Å². The molecule has 1 fully saturated rings. The van der Waals surface area contributed by atoms with Crippen molar-refractivity contribution in [3.63, 3.8) is 0 Å². The average Bonchev–Trinajstić information content (AvgIpc) is 2.85. The summed E-state index contributed by atoms with van der Waals surface area (Å²) in [5.41, 5.74) is 0.781. The summed E-state index contributed by atoms with van der Waals surface area (Å²) in [6, 6.07) is 3.80. The van der Waals surface area contributed by atoms with E-state index in [4.69, 9.17) is 5.11 Å². The zero-order valence-corrected chi connectivity index (χ0v) is 12.4. The first kappa shape index (κ1) is 16.8. The molecule has 122 valence electrons. The van der Waals surface area contributed by atoms with Crippen molar-refractivity contribution in [2.24, 2.45) is 5.92 Å². The van der Waals surface area contributed by atoms with Crippen LogP contribution in [0.1, 0.15) is 12.0 Å².